The van der Waals surface area contributed by atoms with Crippen LogP contribution in [0.4, 0.5) is 0 Å². The molecular weight excluding hydrogens is 227 g/mol. The molecule has 1 rings (SSSR count). The van der Waals surface area contributed by atoms with Crippen molar-refractivity contribution in [1.82, 2.24) is 0 Å². The maximum absolute atomic E-state index is 5.74. The summed E-state index contributed by atoms with van der Waals surface area (Å²) < 4.78 is 1.45. The molecule has 0 heterocycles. The summed E-state index contributed by atoms with van der Waals surface area (Å²) in [7, 11) is 5.74. The molecule has 0 aliphatic heterocycles. The first-order valence-corrected chi connectivity index (χ1v) is 10.6. The molecule has 2 heteroatoms. The van der Waals surface area contributed by atoms with E-state index in [0.29, 0.717) is 0 Å². The van der Waals surface area contributed by atoms with Gasteiger partial charge < -0.3 is 0 Å². The molecule has 0 unspecified atom stereocenters. The van der Waals surface area contributed by atoms with Crippen LogP contribution in [0.2, 0.25) is 10.4 Å². The predicted molar refractivity (Wildman–Crippen MR) is 60.4 cm³/mol. The van der Waals surface area contributed by atoms with Gasteiger partial charge in [-0.25, -0.2) is 0 Å². The fourth-order valence-electron chi connectivity index (χ4n) is 1.29. The monoisotopic (exact) mass is 242 g/mol. The van der Waals surface area contributed by atoms with Crippen LogP contribution in [-0.2, 0) is 0 Å². The van der Waals surface area contributed by atoms with Crippen molar-refractivity contribution in [2.45, 2.75) is 24.3 Å². The van der Waals surface area contributed by atoms with Gasteiger partial charge in [-0.15, -0.1) is 0 Å². The van der Waals surface area contributed by atoms with Crippen LogP contribution < -0.4 is 4.35 Å². The van der Waals surface area contributed by atoms with Gasteiger partial charge in [0.25, 0.3) is 0 Å². The van der Waals surface area contributed by atoms with E-state index >= 15 is 0 Å². The van der Waals surface area contributed by atoms with Crippen molar-refractivity contribution < 1.29 is 0 Å². The van der Waals surface area contributed by atoms with Gasteiger partial charge in [-0.2, -0.15) is 0 Å². The first-order chi connectivity index (χ1) is 5.73. The van der Waals surface area contributed by atoms with Gasteiger partial charge in [0.1, 0.15) is 0 Å². The van der Waals surface area contributed by atoms with Crippen LogP contribution >= 0.6 is 10.4 Å². The van der Waals surface area contributed by atoms with E-state index in [1.807, 2.05) is 0 Å². The fraction of sp³-hybridized carbons (Fsp3) is 0.400. The van der Waals surface area contributed by atoms with Gasteiger partial charge in [-0.3, -0.25) is 0 Å². The molecule has 0 atom stereocenters. The summed E-state index contributed by atoms with van der Waals surface area (Å²) in [6, 6.07) is 10.7. The fourth-order valence-corrected chi connectivity index (χ4v) is 5.89. The van der Waals surface area contributed by atoms with Crippen molar-refractivity contribution in [3.63, 3.8) is 0 Å². The van der Waals surface area contributed by atoms with Crippen LogP contribution in [0.25, 0.3) is 0 Å². The molecule has 1 aromatic rings. The number of hydrogen-bond acceptors (Lipinski definition) is 1. The maximum atomic E-state index is 5.74. The average Bonchev–Trinajstić information content (AvgIpc) is 2.18. The Labute approximate surface area is 81.2 Å². The molecule has 0 spiro atoms. The average molecular weight is 242 g/mol. The van der Waals surface area contributed by atoms with E-state index in [-0.39, 0.29) is 0 Å². The molecule has 0 radical (unpaired) electrons. The molecular formula is C10H15AsS. The first kappa shape index (κ1) is 10.1. The third-order valence-corrected chi connectivity index (χ3v) is 12.9. The minimum atomic E-state index is -1.83. The van der Waals surface area contributed by atoms with E-state index in [9.17, 15) is 0 Å². The molecule has 0 amide bonds. The number of hydrogen-bond donors (Lipinski definition) is 0. The molecule has 0 saturated heterocycles. The normalized spacial score (nSPS) is 11.5. The van der Waals surface area contributed by atoms with Gasteiger partial charge >= 0.3 is 81.2 Å². The topological polar surface area (TPSA) is 0 Å². The quantitative estimate of drug-likeness (QED) is 0.734. The SMILES string of the molecule is CC[As](=S)(CC)c1ccccc1. The molecule has 1 aromatic carbocycles. The van der Waals surface area contributed by atoms with E-state index in [1.165, 1.54) is 14.8 Å². The van der Waals surface area contributed by atoms with E-state index < -0.39 is 11.9 Å². The number of rotatable bonds is 3. The van der Waals surface area contributed by atoms with Crippen LogP contribution in [0.5, 0.6) is 0 Å². The molecule has 0 saturated carbocycles. The Morgan fingerprint density at radius 1 is 1.08 bits per heavy atom. The standard InChI is InChI=1S/C10H15AsS/c1-3-11(12,4-2)10-8-6-5-7-9-10/h5-9H,3-4H2,1-2H3. The zero-order chi connectivity index (χ0) is 9.03. The van der Waals surface area contributed by atoms with Crippen molar-refractivity contribution in [3.05, 3.63) is 30.3 Å². The van der Waals surface area contributed by atoms with Crippen molar-refractivity contribution in [1.29, 1.82) is 0 Å². The van der Waals surface area contributed by atoms with Gasteiger partial charge in [0.05, 0.1) is 0 Å². The van der Waals surface area contributed by atoms with Gasteiger partial charge in [0.2, 0.25) is 0 Å². The van der Waals surface area contributed by atoms with Crippen molar-refractivity contribution in [3.8, 4) is 0 Å². The van der Waals surface area contributed by atoms with E-state index in [2.05, 4.69) is 44.2 Å². The van der Waals surface area contributed by atoms with Gasteiger partial charge in [0.15, 0.2) is 0 Å². The van der Waals surface area contributed by atoms with Crippen LogP contribution in [0.15, 0.2) is 30.3 Å². The van der Waals surface area contributed by atoms with E-state index in [4.69, 9.17) is 10.4 Å². The second-order valence-electron chi connectivity index (χ2n) is 2.86. The molecule has 0 aromatic heterocycles. The minimum absolute atomic E-state index is 1.20. The second-order valence-corrected chi connectivity index (χ2v) is 14.0. The number of benzene rings is 1. The molecule has 0 aliphatic rings. The van der Waals surface area contributed by atoms with Crippen LogP contribution in [0, 0.1) is 0 Å². The molecule has 66 valence electrons. The molecule has 0 bridgehead atoms. The Kier molecular flexibility index (Phi) is 3.61. The summed E-state index contributed by atoms with van der Waals surface area (Å²) in [4.78, 5) is 0. The summed E-state index contributed by atoms with van der Waals surface area (Å²) in [6.45, 7) is 4.47. The van der Waals surface area contributed by atoms with Crippen molar-refractivity contribution >= 4 is 26.6 Å². The second kappa shape index (κ2) is 4.30. The van der Waals surface area contributed by atoms with Crippen molar-refractivity contribution in [2.75, 3.05) is 0 Å². The summed E-state index contributed by atoms with van der Waals surface area (Å²) in [6.07, 6.45) is 0. The summed E-state index contributed by atoms with van der Waals surface area (Å²) >= 11 is -1.83. The first-order valence-electron chi connectivity index (χ1n) is 4.36. The molecule has 0 fully saturated rings. The Morgan fingerprint density at radius 2 is 1.58 bits per heavy atom. The molecule has 12 heavy (non-hydrogen) atoms. The Hall–Kier alpha value is -0.00156. The van der Waals surface area contributed by atoms with E-state index in [1.54, 1.807) is 0 Å². The Bertz CT molecular complexity index is 271. The molecule has 0 N–H and O–H groups in total. The summed E-state index contributed by atoms with van der Waals surface area (Å²) in [5, 5.41) is 2.40. The molecule has 0 nitrogen and oxygen atoms in total. The zero-order valence-electron chi connectivity index (χ0n) is 7.66. The third-order valence-electron chi connectivity index (χ3n) is 2.25. The van der Waals surface area contributed by atoms with Crippen LogP contribution in [-0.4, -0.2) is 11.9 Å². The third kappa shape index (κ3) is 2.02. The summed E-state index contributed by atoms with van der Waals surface area (Å²) in [5.74, 6) is 0. The molecule has 0 aliphatic carbocycles. The zero-order valence-corrected chi connectivity index (χ0v) is 10.3. The van der Waals surface area contributed by atoms with Gasteiger partial charge in [0, 0.05) is 0 Å². The van der Waals surface area contributed by atoms with Crippen molar-refractivity contribution in [2.24, 2.45) is 0 Å². The predicted octanol–water partition coefficient (Wildman–Crippen LogP) is 3.08. The van der Waals surface area contributed by atoms with Crippen LogP contribution in [0.3, 0.4) is 0 Å². The summed E-state index contributed by atoms with van der Waals surface area (Å²) in [5.41, 5.74) is 0. The van der Waals surface area contributed by atoms with Crippen LogP contribution in [0.1, 0.15) is 13.8 Å². The van der Waals surface area contributed by atoms with Gasteiger partial charge in [-0.05, 0) is 0 Å². The Balaban J connectivity index is 3.04. The van der Waals surface area contributed by atoms with E-state index in [0.717, 1.165) is 0 Å². The Morgan fingerprint density at radius 3 is 2.00 bits per heavy atom. The van der Waals surface area contributed by atoms with Gasteiger partial charge in [-0.1, -0.05) is 0 Å².